The Balaban J connectivity index is 1.56. The molecule has 2 unspecified atom stereocenters. The predicted octanol–water partition coefficient (Wildman–Crippen LogP) is 3.87. The van der Waals surface area contributed by atoms with Gasteiger partial charge in [0.2, 0.25) is 6.79 Å². The van der Waals surface area contributed by atoms with Crippen molar-refractivity contribution in [2.24, 2.45) is 5.92 Å². The van der Waals surface area contributed by atoms with Gasteiger partial charge in [-0.2, -0.15) is 17.0 Å². The van der Waals surface area contributed by atoms with Crippen LogP contribution in [0, 0.1) is 31.1 Å². The van der Waals surface area contributed by atoms with Gasteiger partial charge in [0.15, 0.2) is 23.0 Å². The van der Waals surface area contributed by atoms with E-state index < -0.39 is 18.1 Å². The average Bonchev–Trinajstić information content (AvgIpc) is 3.47. The van der Waals surface area contributed by atoms with E-state index in [1.54, 1.807) is 18.9 Å². The number of aromatic hydroxyl groups is 1. The van der Waals surface area contributed by atoms with E-state index >= 15 is 0 Å². The SMILES string of the molecule is COc1c(C)cc2c(c1O)[C@@H]1C3[C@@H]4SCC(C)C(=O)OC[C@H](c5c6c(c(C)c(OC(C)=O)c54)OCO6)N3[C@@H](C#N)[C@@H](C2)N1C. The Morgan fingerprint density at radius 3 is 2.61 bits per heavy atom. The number of benzene rings is 2. The van der Waals surface area contributed by atoms with E-state index in [0.717, 1.165) is 22.3 Å². The van der Waals surface area contributed by atoms with E-state index in [9.17, 15) is 20.0 Å². The third-order valence-corrected chi connectivity index (χ3v) is 11.4. The van der Waals surface area contributed by atoms with Crippen molar-refractivity contribution in [3.05, 3.63) is 39.4 Å². The highest BCUT2D eigenvalue weighted by Crippen LogP contribution is 2.64. The third kappa shape index (κ3) is 3.95. The lowest BCUT2D eigenvalue weighted by Gasteiger charge is -2.61. The first kappa shape index (κ1) is 29.1. The number of methoxy groups -OCH3 is 1. The largest absolute Gasteiger partial charge is 0.504 e. The van der Waals surface area contributed by atoms with E-state index in [1.165, 1.54) is 6.92 Å². The molecule has 4 bridgehead atoms. The summed E-state index contributed by atoms with van der Waals surface area (Å²) in [5, 5.41) is 22.2. The standard InChI is InChI=1S/C32H35N3O8S/c1-13-7-17-8-18-19(9-33)35-20-10-40-32(38)14(2)11-44-31(25(35)24(34(18)5)21(17)26(37)27(13)39-6)23-22(20)30-29(41-12-42-30)15(3)28(23)43-16(4)36/h7,14,18-20,24-25,31,37H,8,10-12H2,1-6H3/t14?,18-,19+,20-,24-,25?,31-/m1/s1. The molecular formula is C32H35N3O8S. The lowest BCUT2D eigenvalue weighted by Crippen LogP contribution is -2.69. The average molecular weight is 622 g/mol. The van der Waals surface area contributed by atoms with Crippen molar-refractivity contribution in [1.29, 1.82) is 5.26 Å². The molecule has 7 rings (SSSR count). The molecule has 0 aromatic heterocycles. The first-order chi connectivity index (χ1) is 21.1. The monoisotopic (exact) mass is 621 g/mol. The number of rotatable bonds is 2. The molecule has 11 nitrogen and oxygen atoms in total. The lowest BCUT2D eigenvalue weighted by atomic mass is 9.71. The molecule has 5 aliphatic heterocycles. The zero-order valence-electron chi connectivity index (χ0n) is 25.5. The van der Waals surface area contributed by atoms with Crippen molar-refractivity contribution in [1.82, 2.24) is 9.80 Å². The van der Waals surface area contributed by atoms with Gasteiger partial charge in [0, 0.05) is 47.0 Å². The topological polar surface area (TPSA) is 131 Å². The second-order valence-corrected chi connectivity index (χ2v) is 13.5. The van der Waals surface area contributed by atoms with E-state index in [0.29, 0.717) is 46.3 Å². The maximum absolute atomic E-state index is 13.1. The van der Waals surface area contributed by atoms with Crippen LogP contribution >= 0.6 is 11.8 Å². The number of nitriles is 1. The van der Waals surface area contributed by atoms with Crippen LogP contribution in [-0.4, -0.2) is 78.3 Å². The molecule has 2 fully saturated rings. The number of fused-ring (bicyclic) bond motifs is 9. The minimum absolute atomic E-state index is 0.00697. The van der Waals surface area contributed by atoms with Gasteiger partial charge in [-0.05, 0) is 38.4 Å². The molecule has 0 spiro atoms. The fraction of sp³-hybridized carbons (Fsp3) is 0.531. The molecule has 2 aromatic carbocycles. The fourth-order valence-electron chi connectivity index (χ4n) is 8.06. The van der Waals surface area contributed by atoms with Gasteiger partial charge in [-0.15, -0.1) is 0 Å². The number of phenolic OH excluding ortho intramolecular Hbond substituents is 1. The summed E-state index contributed by atoms with van der Waals surface area (Å²) >= 11 is 1.57. The summed E-state index contributed by atoms with van der Waals surface area (Å²) in [4.78, 5) is 30.0. The van der Waals surface area contributed by atoms with Crippen LogP contribution < -0.4 is 18.9 Å². The number of hydrogen-bond donors (Lipinski definition) is 1. The lowest BCUT2D eigenvalue weighted by molar-refractivity contribution is -0.153. The number of hydrogen-bond acceptors (Lipinski definition) is 12. The Hall–Kier alpha value is -3.66. The van der Waals surface area contributed by atoms with Crippen molar-refractivity contribution < 1.29 is 38.4 Å². The number of ether oxygens (including phenoxy) is 5. The van der Waals surface area contributed by atoms with Crippen LogP contribution in [0.5, 0.6) is 28.7 Å². The summed E-state index contributed by atoms with van der Waals surface area (Å²) in [5.74, 6) is 1.17. The molecule has 44 heavy (non-hydrogen) atoms. The highest BCUT2D eigenvalue weighted by atomic mass is 32.2. The number of carbonyl (C=O) groups excluding carboxylic acids is 2. The van der Waals surface area contributed by atoms with Gasteiger partial charge >= 0.3 is 11.9 Å². The highest BCUT2D eigenvalue weighted by Gasteiger charge is 2.60. The second kappa shape index (κ2) is 10.5. The Morgan fingerprint density at radius 1 is 1.16 bits per heavy atom. The zero-order chi connectivity index (χ0) is 31.2. The first-order valence-corrected chi connectivity index (χ1v) is 15.8. The van der Waals surface area contributed by atoms with Crippen LogP contribution in [-0.2, 0) is 20.7 Å². The Labute approximate surface area is 259 Å². The molecule has 5 aliphatic rings. The van der Waals surface area contributed by atoms with Gasteiger partial charge in [-0.1, -0.05) is 13.0 Å². The molecule has 0 aliphatic carbocycles. The summed E-state index contributed by atoms with van der Waals surface area (Å²) in [6.45, 7) is 6.93. The van der Waals surface area contributed by atoms with Crippen LogP contribution in [0.1, 0.15) is 64.6 Å². The van der Waals surface area contributed by atoms with Crippen LogP contribution in [0.25, 0.3) is 0 Å². The van der Waals surface area contributed by atoms with Crippen molar-refractivity contribution in [3.8, 4) is 34.8 Å². The number of piperazine rings is 1. The van der Waals surface area contributed by atoms with E-state index in [-0.39, 0.29) is 54.4 Å². The minimum Gasteiger partial charge on any atom is -0.504 e. The fourth-order valence-corrected chi connectivity index (χ4v) is 9.58. The van der Waals surface area contributed by atoms with Gasteiger partial charge < -0.3 is 28.8 Å². The summed E-state index contributed by atoms with van der Waals surface area (Å²) in [6.07, 6.45) is 0.542. The molecule has 0 radical (unpaired) electrons. The maximum Gasteiger partial charge on any atom is 0.309 e. The molecule has 2 saturated heterocycles. The number of esters is 2. The Bertz CT molecular complexity index is 1640. The number of aryl methyl sites for hydroxylation is 1. The number of nitrogens with zero attached hydrogens (tertiary/aromatic N) is 3. The molecule has 1 N–H and O–H groups in total. The third-order valence-electron chi connectivity index (χ3n) is 9.86. The Morgan fingerprint density at radius 2 is 1.91 bits per heavy atom. The minimum atomic E-state index is -0.606. The number of thioether (sulfide) groups is 1. The van der Waals surface area contributed by atoms with Gasteiger partial charge in [-0.3, -0.25) is 19.4 Å². The molecule has 0 amide bonds. The summed E-state index contributed by atoms with van der Waals surface area (Å²) in [6, 6.07) is 2.50. The van der Waals surface area contributed by atoms with Crippen molar-refractivity contribution in [3.63, 3.8) is 0 Å². The smallest absolute Gasteiger partial charge is 0.309 e. The number of likely N-dealkylation sites (N-methyl/N-ethyl adjacent to an activating group) is 1. The quantitative estimate of drug-likeness (QED) is 0.386. The van der Waals surface area contributed by atoms with Crippen molar-refractivity contribution in [2.45, 2.75) is 69.6 Å². The van der Waals surface area contributed by atoms with Gasteiger partial charge in [0.1, 0.15) is 18.4 Å². The van der Waals surface area contributed by atoms with Crippen LogP contribution in [0.2, 0.25) is 0 Å². The Kier molecular flexibility index (Phi) is 6.91. The summed E-state index contributed by atoms with van der Waals surface area (Å²) in [7, 11) is 3.55. The molecule has 7 atom stereocenters. The molecule has 232 valence electrons. The van der Waals surface area contributed by atoms with Gasteiger partial charge in [0.05, 0.1) is 36.4 Å². The predicted molar refractivity (Wildman–Crippen MR) is 159 cm³/mol. The molecule has 0 saturated carbocycles. The number of cyclic esters (lactones) is 1. The van der Waals surface area contributed by atoms with E-state index in [1.807, 2.05) is 27.8 Å². The van der Waals surface area contributed by atoms with Gasteiger partial charge in [0.25, 0.3) is 0 Å². The molecule has 12 heteroatoms. The van der Waals surface area contributed by atoms with E-state index in [2.05, 4.69) is 21.9 Å². The maximum atomic E-state index is 13.1. The summed E-state index contributed by atoms with van der Waals surface area (Å²) < 4.78 is 29.6. The van der Waals surface area contributed by atoms with Crippen LogP contribution in [0.4, 0.5) is 0 Å². The second-order valence-electron chi connectivity index (χ2n) is 12.3. The first-order valence-electron chi connectivity index (χ1n) is 14.8. The number of phenols is 1. The van der Waals surface area contributed by atoms with Crippen molar-refractivity contribution in [2.75, 3.05) is 33.3 Å². The molecular weight excluding hydrogens is 586 g/mol. The molecule has 2 aromatic rings. The van der Waals surface area contributed by atoms with Crippen molar-refractivity contribution >= 4 is 23.7 Å². The molecule has 5 heterocycles. The number of carbonyl (C=O) groups is 2. The van der Waals surface area contributed by atoms with Gasteiger partial charge in [-0.25, -0.2) is 0 Å². The zero-order valence-corrected chi connectivity index (χ0v) is 26.3. The summed E-state index contributed by atoms with van der Waals surface area (Å²) in [5.41, 5.74) is 4.70. The van der Waals surface area contributed by atoms with E-state index in [4.69, 9.17) is 23.7 Å². The normalized spacial score (nSPS) is 30.4. The highest BCUT2D eigenvalue weighted by molar-refractivity contribution is 7.99. The van der Waals surface area contributed by atoms with Crippen LogP contribution in [0.15, 0.2) is 6.07 Å². The van der Waals surface area contributed by atoms with Crippen LogP contribution in [0.3, 0.4) is 0 Å².